The maximum absolute atomic E-state index is 11.7. The van der Waals surface area contributed by atoms with E-state index < -0.39 is 5.60 Å². The van der Waals surface area contributed by atoms with Gasteiger partial charge in [0.15, 0.2) is 0 Å². The summed E-state index contributed by atoms with van der Waals surface area (Å²) in [5.41, 5.74) is 2.35. The number of hydroxylamine groups is 1. The highest BCUT2D eigenvalue weighted by Crippen LogP contribution is 2.11. The topological polar surface area (TPSA) is 50.8 Å². The third-order valence-electron chi connectivity index (χ3n) is 1.90. The number of carbonyl (C=O) groups is 1. The fourth-order valence-electron chi connectivity index (χ4n) is 1.31. The van der Waals surface area contributed by atoms with Crippen LogP contribution < -0.4 is 5.48 Å². The smallest absolute Gasteiger partial charge is 0.410 e. The minimum Gasteiger partial charge on any atom is -0.444 e. The molecule has 1 amide bonds. The van der Waals surface area contributed by atoms with Crippen molar-refractivity contribution >= 4 is 6.09 Å². The van der Waals surface area contributed by atoms with Gasteiger partial charge in [-0.25, -0.2) is 10.3 Å². The Kier molecular flexibility index (Phi) is 3.93. The molecule has 0 aromatic carbocycles. The zero-order valence-electron chi connectivity index (χ0n) is 9.87. The molecule has 1 fully saturated rings. The normalized spacial score (nSPS) is 23.5. The maximum atomic E-state index is 11.7. The van der Waals surface area contributed by atoms with Gasteiger partial charge in [-0.1, -0.05) is 0 Å². The number of nitrogens with one attached hydrogen (secondary N) is 1. The van der Waals surface area contributed by atoms with E-state index in [0.717, 1.165) is 0 Å². The first-order chi connectivity index (χ1) is 6.88. The van der Waals surface area contributed by atoms with E-state index in [0.29, 0.717) is 19.6 Å². The van der Waals surface area contributed by atoms with Crippen molar-refractivity contribution in [2.75, 3.05) is 19.6 Å². The van der Waals surface area contributed by atoms with Gasteiger partial charge in [-0.05, 0) is 27.7 Å². The summed E-state index contributed by atoms with van der Waals surface area (Å²) in [7, 11) is 0. The predicted octanol–water partition coefficient (Wildman–Crippen LogP) is 1.15. The second-order valence-corrected chi connectivity index (χ2v) is 4.75. The Balaban J connectivity index is 2.50. The van der Waals surface area contributed by atoms with Crippen molar-refractivity contribution in [1.29, 1.82) is 0 Å². The number of nitrogens with zero attached hydrogens (tertiary/aromatic N) is 1. The molecule has 1 aliphatic rings. The molecule has 0 aliphatic carbocycles. The molecule has 15 heavy (non-hydrogen) atoms. The summed E-state index contributed by atoms with van der Waals surface area (Å²) >= 11 is 0. The van der Waals surface area contributed by atoms with Crippen LogP contribution in [0.5, 0.6) is 0 Å². The van der Waals surface area contributed by atoms with E-state index in [1.54, 1.807) is 4.90 Å². The zero-order chi connectivity index (χ0) is 11.5. The summed E-state index contributed by atoms with van der Waals surface area (Å²) in [4.78, 5) is 18.6. The SMILES string of the molecule is C[C@H]1CN(C(=O)OC(C)(C)C)CCNO1. The number of carbonyl (C=O) groups excluding carboxylic acids is 1. The summed E-state index contributed by atoms with van der Waals surface area (Å²) in [6.07, 6.45) is -0.290. The second kappa shape index (κ2) is 4.81. The van der Waals surface area contributed by atoms with E-state index in [4.69, 9.17) is 9.57 Å². The summed E-state index contributed by atoms with van der Waals surface area (Å²) in [5, 5.41) is 0. The first-order valence-electron chi connectivity index (χ1n) is 5.25. The average molecular weight is 216 g/mol. The number of hydrogen-bond donors (Lipinski definition) is 1. The van der Waals surface area contributed by atoms with Crippen molar-refractivity contribution in [3.05, 3.63) is 0 Å². The highest BCUT2D eigenvalue weighted by molar-refractivity contribution is 5.68. The van der Waals surface area contributed by atoms with E-state index in [-0.39, 0.29) is 12.2 Å². The summed E-state index contributed by atoms with van der Waals surface area (Å²) in [6, 6.07) is 0. The van der Waals surface area contributed by atoms with E-state index in [1.165, 1.54) is 0 Å². The van der Waals surface area contributed by atoms with Gasteiger partial charge in [0.1, 0.15) is 5.60 Å². The lowest BCUT2D eigenvalue weighted by molar-refractivity contribution is -0.0109. The van der Waals surface area contributed by atoms with Gasteiger partial charge >= 0.3 is 6.09 Å². The van der Waals surface area contributed by atoms with Gasteiger partial charge in [0.25, 0.3) is 0 Å². The number of amides is 1. The minimum atomic E-state index is -0.444. The molecule has 0 radical (unpaired) electrons. The fraction of sp³-hybridized carbons (Fsp3) is 0.900. The molecule has 1 rings (SSSR count). The zero-order valence-corrected chi connectivity index (χ0v) is 9.87. The van der Waals surface area contributed by atoms with Crippen LogP contribution in [-0.4, -0.2) is 42.3 Å². The largest absolute Gasteiger partial charge is 0.444 e. The molecule has 0 spiro atoms. The molecule has 0 aromatic heterocycles. The summed E-state index contributed by atoms with van der Waals surface area (Å²) in [6.45, 7) is 9.29. The molecular formula is C10H20N2O3. The highest BCUT2D eigenvalue weighted by Gasteiger charge is 2.24. The van der Waals surface area contributed by atoms with Crippen LogP contribution in [0.15, 0.2) is 0 Å². The van der Waals surface area contributed by atoms with Gasteiger partial charge in [-0.15, -0.1) is 0 Å². The summed E-state index contributed by atoms with van der Waals surface area (Å²) in [5.74, 6) is 0. The molecule has 5 nitrogen and oxygen atoms in total. The first-order valence-corrected chi connectivity index (χ1v) is 5.25. The molecule has 0 aromatic rings. The molecule has 1 heterocycles. The van der Waals surface area contributed by atoms with Gasteiger partial charge in [-0.3, -0.25) is 4.84 Å². The van der Waals surface area contributed by atoms with Crippen molar-refractivity contribution in [3.63, 3.8) is 0 Å². The Bertz CT molecular complexity index is 225. The van der Waals surface area contributed by atoms with Crippen LogP contribution in [0.3, 0.4) is 0 Å². The first kappa shape index (κ1) is 12.3. The van der Waals surface area contributed by atoms with Crippen LogP contribution in [0.1, 0.15) is 27.7 Å². The number of hydrogen-bond acceptors (Lipinski definition) is 4. The lowest BCUT2D eigenvalue weighted by atomic mass is 10.2. The van der Waals surface area contributed by atoms with Crippen LogP contribution in [0.25, 0.3) is 0 Å². The Morgan fingerprint density at radius 3 is 2.80 bits per heavy atom. The van der Waals surface area contributed by atoms with Crippen molar-refractivity contribution in [2.45, 2.75) is 39.4 Å². The second-order valence-electron chi connectivity index (χ2n) is 4.75. The molecule has 0 saturated carbocycles. The maximum Gasteiger partial charge on any atom is 0.410 e. The monoisotopic (exact) mass is 216 g/mol. The van der Waals surface area contributed by atoms with E-state index >= 15 is 0 Å². The molecule has 1 aliphatic heterocycles. The van der Waals surface area contributed by atoms with Crippen LogP contribution in [0, 0.1) is 0 Å². The molecule has 88 valence electrons. The lowest BCUT2D eigenvalue weighted by Gasteiger charge is -2.26. The van der Waals surface area contributed by atoms with Crippen molar-refractivity contribution in [2.24, 2.45) is 0 Å². The van der Waals surface area contributed by atoms with Crippen LogP contribution in [-0.2, 0) is 9.57 Å². The van der Waals surface area contributed by atoms with Gasteiger partial charge in [-0.2, -0.15) is 0 Å². The van der Waals surface area contributed by atoms with Crippen LogP contribution >= 0.6 is 0 Å². The van der Waals surface area contributed by atoms with E-state index in [2.05, 4.69) is 5.48 Å². The molecule has 0 bridgehead atoms. The Morgan fingerprint density at radius 1 is 1.53 bits per heavy atom. The standard InChI is InChI=1S/C10H20N2O3/c1-8-7-12(6-5-11-15-8)9(13)14-10(2,3)4/h8,11H,5-7H2,1-4H3/t8-/m0/s1. The van der Waals surface area contributed by atoms with E-state index in [9.17, 15) is 4.79 Å². The fourth-order valence-corrected chi connectivity index (χ4v) is 1.31. The highest BCUT2D eigenvalue weighted by atomic mass is 16.7. The lowest BCUT2D eigenvalue weighted by Crippen LogP contribution is -2.40. The molecule has 1 N–H and O–H groups in total. The molecule has 1 atom stereocenters. The Hall–Kier alpha value is -0.810. The van der Waals surface area contributed by atoms with Gasteiger partial charge in [0.2, 0.25) is 0 Å². The van der Waals surface area contributed by atoms with Gasteiger partial charge in [0.05, 0.1) is 12.6 Å². The van der Waals surface area contributed by atoms with Crippen LogP contribution in [0.2, 0.25) is 0 Å². The van der Waals surface area contributed by atoms with Crippen molar-refractivity contribution in [3.8, 4) is 0 Å². The minimum absolute atomic E-state index is 0.0139. The number of ether oxygens (including phenoxy) is 1. The average Bonchev–Trinajstić information content (AvgIpc) is 2.26. The third kappa shape index (κ3) is 4.48. The van der Waals surface area contributed by atoms with Gasteiger partial charge in [0, 0.05) is 13.1 Å². The summed E-state index contributed by atoms with van der Waals surface area (Å²) < 4.78 is 5.28. The van der Waals surface area contributed by atoms with Gasteiger partial charge < -0.3 is 9.64 Å². The Morgan fingerprint density at radius 2 is 2.20 bits per heavy atom. The predicted molar refractivity (Wildman–Crippen MR) is 56.4 cm³/mol. The number of rotatable bonds is 0. The van der Waals surface area contributed by atoms with Crippen molar-refractivity contribution in [1.82, 2.24) is 10.4 Å². The van der Waals surface area contributed by atoms with E-state index in [1.807, 2.05) is 27.7 Å². The Labute approximate surface area is 90.7 Å². The van der Waals surface area contributed by atoms with Crippen LogP contribution in [0.4, 0.5) is 4.79 Å². The van der Waals surface area contributed by atoms with Crippen molar-refractivity contribution < 1.29 is 14.4 Å². The quantitative estimate of drug-likeness (QED) is 0.660. The third-order valence-corrected chi connectivity index (χ3v) is 1.90. The molecule has 0 unspecified atom stereocenters. The molecular weight excluding hydrogens is 196 g/mol. The molecule has 5 heteroatoms. The molecule has 1 saturated heterocycles.